The number of nitro benzene ring substituents is 2. The number of carbonyl (C=O) groups excluding carboxylic acids is 1. The van der Waals surface area contributed by atoms with Crippen LogP contribution in [-0.4, -0.2) is 15.8 Å². The zero-order valence-corrected chi connectivity index (χ0v) is 12.3. The van der Waals surface area contributed by atoms with Crippen LogP contribution < -0.4 is 4.74 Å². The highest BCUT2D eigenvalue weighted by Gasteiger charge is 2.21. The van der Waals surface area contributed by atoms with E-state index in [0.29, 0.717) is 0 Å². The van der Waals surface area contributed by atoms with E-state index in [9.17, 15) is 25.0 Å². The number of esters is 1. The molecule has 0 aliphatic carbocycles. The van der Waals surface area contributed by atoms with Gasteiger partial charge in [-0.1, -0.05) is 6.07 Å². The summed E-state index contributed by atoms with van der Waals surface area (Å²) >= 11 is 0. The van der Waals surface area contributed by atoms with Crippen molar-refractivity contribution >= 4 is 17.3 Å². The molecule has 118 valence electrons. The maximum atomic E-state index is 12.1. The van der Waals surface area contributed by atoms with Crippen molar-refractivity contribution < 1.29 is 19.4 Å². The largest absolute Gasteiger partial charge is 0.423 e. The molecule has 8 heteroatoms. The van der Waals surface area contributed by atoms with Crippen molar-refractivity contribution in [3.8, 4) is 5.75 Å². The molecule has 8 nitrogen and oxygen atoms in total. The third-order valence-corrected chi connectivity index (χ3v) is 3.25. The molecule has 0 heterocycles. The summed E-state index contributed by atoms with van der Waals surface area (Å²) in [5.41, 5.74) is 0.553. The predicted octanol–water partition coefficient (Wildman–Crippen LogP) is 3.34. The molecule has 0 saturated carbocycles. The average molecular weight is 316 g/mol. The van der Waals surface area contributed by atoms with E-state index in [1.807, 2.05) is 13.8 Å². The second kappa shape index (κ2) is 6.22. The fraction of sp³-hybridized carbons (Fsp3) is 0.133. The molecule has 0 amide bonds. The number of nitro groups is 2. The molecule has 0 aliphatic heterocycles. The molecule has 0 radical (unpaired) electrons. The van der Waals surface area contributed by atoms with Crippen molar-refractivity contribution in [2.75, 3.05) is 0 Å². The molecule has 0 saturated heterocycles. The number of benzene rings is 2. The van der Waals surface area contributed by atoms with Crippen molar-refractivity contribution in [3.63, 3.8) is 0 Å². The number of ether oxygens (including phenoxy) is 1. The van der Waals surface area contributed by atoms with E-state index in [2.05, 4.69) is 0 Å². The van der Waals surface area contributed by atoms with Gasteiger partial charge in [0.2, 0.25) is 0 Å². The maximum absolute atomic E-state index is 12.1. The highest BCUT2D eigenvalue weighted by atomic mass is 16.6. The Balaban J connectivity index is 2.36. The van der Waals surface area contributed by atoms with Gasteiger partial charge < -0.3 is 4.74 Å². The lowest BCUT2D eigenvalue weighted by Gasteiger charge is -2.07. The normalized spacial score (nSPS) is 10.2. The average Bonchev–Trinajstić information content (AvgIpc) is 2.50. The monoisotopic (exact) mass is 316 g/mol. The van der Waals surface area contributed by atoms with Gasteiger partial charge in [0, 0.05) is 12.1 Å². The Labute approximate surface area is 130 Å². The second-order valence-corrected chi connectivity index (χ2v) is 4.89. The summed E-state index contributed by atoms with van der Waals surface area (Å²) in [5.74, 6) is -0.646. The molecule has 0 aliphatic rings. The molecule has 0 fully saturated rings. The van der Waals surface area contributed by atoms with Crippen LogP contribution in [-0.2, 0) is 0 Å². The van der Waals surface area contributed by atoms with E-state index in [4.69, 9.17) is 4.74 Å². The molecule has 0 unspecified atom stereocenters. The van der Waals surface area contributed by atoms with Gasteiger partial charge in [-0.15, -0.1) is 0 Å². The van der Waals surface area contributed by atoms with Crippen LogP contribution in [0.15, 0.2) is 36.4 Å². The third kappa shape index (κ3) is 3.67. The molecule has 0 N–H and O–H groups in total. The number of hydrogen-bond donors (Lipinski definition) is 0. The molecule has 23 heavy (non-hydrogen) atoms. The summed E-state index contributed by atoms with van der Waals surface area (Å²) in [4.78, 5) is 32.1. The Morgan fingerprint density at radius 2 is 1.48 bits per heavy atom. The number of non-ortho nitro benzene ring substituents is 2. The lowest BCUT2D eigenvalue weighted by molar-refractivity contribution is -0.394. The first-order valence-corrected chi connectivity index (χ1v) is 6.51. The fourth-order valence-electron chi connectivity index (χ4n) is 1.87. The summed E-state index contributed by atoms with van der Waals surface area (Å²) in [6.07, 6.45) is 0. The minimum Gasteiger partial charge on any atom is -0.423 e. The van der Waals surface area contributed by atoms with Gasteiger partial charge >= 0.3 is 5.97 Å². The van der Waals surface area contributed by atoms with E-state index in [-0.39, 0.29) is 11.3 Å². The summed E-state index contributed by atoms with van der Waals surface area (Å²) in [7, 11) is 0. The highest BCUT2D eigenvalue weighted by molar-refractivity contribution is 5.92. The van der Waals surface area contributed by atoms with E-state index in [1.165, 1.54) is 0 Å². The molecule has 0 atom stereocenters. The number of hydrogen-bond acceptors (Lipinski definition) is 6. The van der Waals surface area contributed by atoms with Gasteiger partial charge in [-0.05, 0) is 37.1 Å². The standard InChI is InChI=1S/C15H12N2O6/c1-9-3-4-14(5-10(9)2)23-15(18)11-6-12(16(19)20)8-13(7-11)17(21)22/h3-8H,1-2H3. The minimum absolute atomic E-state index is 0.257. The summed E-state index contributed by atoms with van der Waals surface area (Å²) in [5, 5.41) is 21.6. The van der Waals surface area contributed by atoms with E-state index in [1.54, 1.807) is 18.2 Å². The van der Waals surface area contributed by atoms with Crippen LogP contribution in [0.25, 0.3) is 0 Å². The number of aryl methyl sites for hydroxylation is 2. The van der Waals surface area contributed by atoms with Gasteiger partial charge in [0.05, 0.1) is 21.5 Å². The lowest BCUT2D eigenvalue weighted by atomic mass is 10.1. The Kier molecular flexibility index (Phi) is 4.35. The molecule has 2 aromatic carbocycles. The van der Waals surface area contributed by atoms with Crippen LogP contribution in [0, 0.1) is 34.1 Å². The predicted molar refractivity (Wildman–Crippen MR) is 80.6 cm³/mol. The zero-order chi connectivity index (χ0) is 17.1. The van der Waals surface area contributed by atoms with E-state index < -0.39 is 27.2 Å². The van der Waals surface area contributed by atoms with Gasteiger partial charge in [-0.25, -0.2) is 4.79 Å². The maximum Gasteiger partial charge on any atom is 0.344 e. The van der Waals surface area contributed by atoms with Crippen LogP contribution in [0.2, 0.25) is 0 Å². The van der Waals surface area contributed by atoms with Gasteiger partial charge in [0.15, 0.2) is 0 Å². The Bertz CT molecular complexity index is 783. The molecule has 0 spiro atoms. The minimum atomic E-state index is -0.903. The van der Waals surface area contributed by atoms with Gasteiger partial charge in [0.1, 0.15) is 5.75 Å². The zero-order valence-electron chi connectivity index (χ0n) is 12.3. The number of nitrogens with zero attached hydrogens (tertiary/aromatic N) is 2. The van der Waals surface area contributed by atoms with Crippen LogP contribution in [0.1, 0.15) is 21.5 Å². The van der Waals surface area contributed by atoms with Crippen LogP contribution in [0.5, 0.6) is 5.75 Å². The number of rotatable bonds is 4. The van der Waals surface area contributed by atoms with Crippen molar-refractivity contribution in [1.29, 1.82) is 0 Å². The SMILES string of the molecule is Cc1ccc(OC(=O)c2cc([N+](=O)[O-])cc([N+](=O)[O-])c2)cc1C. The van der Waals surface area contributed by atoms with Crippen molar-refractivity contribution in [3.05, 3.63) is 73.3 Å². The molecular weight excluding hydrogens is 304 g/mol. The third-order valence-electron chi connectivity index (χ3n) is 3.25. The van der Waals surface area contributed by atoms with Crippen molar-refractivity contribution in [1.82, 2.24) is 0 Å². The first-order valence-electron chi connectivity index (χ1n) is 6.51. The molecule has 2 rings (SSSR count). The van der Waals surface area contributed by atoms with Gasteiger partial charge in [-0.3, -0.25) is 20.2 Å². The molecule has 0 aromatic heterocycles. The first-order chi connectivity index (χ1) is 10.8. The van der Waals surface area contributed by atoms with E-state index in [0.717, 1.165) is 29.3 Å². The Morgan fingerprint density at radius 1 is 0.913 bits per heavy atom. The Hall–Kier alpha value is -3.29. The van der Waals surface area contributed by atoms with Crippen molar-refractivity contribution in [2.45, 2.75) is 13.8 Å². The highest BCUT2D eigenvalue weighted by Crippen LogP contribution is 2.24. The van der Waals surface area contributed by atoms with Crippen LogP contribution >= 0.6 is 0 Å². The summed E-state index contributed by atoms with van der Waals surface area (Å²) < 4.78 is 5.12. The van der Waals surface area contributed by atoms with Crippen molar-refractivity contribution in [2.24, 2.45) is 0 Å². The van der Waals surface area contributed by atoms with Gasteiger partial charge in [0.25, 0.3) is 11.4 Å². The summed E-state index contributed by atoms with van der Waals surface area (Å²) in [6, 6.07) is 7.64. The topological polar surface area (TPSA) is 113 Å². The first kappa shape index (κ1) is 16.1. The van der Waals surface area contributed by atoms with E-state index >= 15 is 0 Å². The molecule has 0 bridgehead atoms. The molecular formula is C15H12N2O6. The fourth-order valence-corrected chi connectivity index (χ4v) is 1.87. The summed E-state index contributed by atoms with van der Waals surface area (Å²) in [6.45, 7) is 3.73. The molecule has 2 aromatic rings. The second-order valence-electron chi connectivity index (χ2n) is 4.89. The quantitative estimate of drug-likeness (QED) is 0.370. The Morgan fingerprint density at radius 3 is 1.96 bits per heavy atom. The van der Waals surface area contributed by atoms with Crippen LogP contribution in [0.3, 0.4) is 0 Å². The van der Waals surface area contributed by atoms with Crippen LogP contribution in [0.4, 0.5) is 11.4 Å². The lowest BCUT2D eigenvalue weighted by Crippen LogP contribution is -2.10. The number of carbonyl (C=O) groups is 1. The van der Waals surface area contributed by atoms with Gasteiger partial charge in [-0.2, -0.15) is 0 Å². The smallest absolute Gasteiger partial charge is 0.344 e.